The number of hydrogen-bond donors (Lipinski definition) is 0. The maximum absolute atomic E-state index is 6.21. The van der Waals surface area contributed by atoms with Gasteiger partial charge in [-0.05, 0) is 50.3 Å². The second-order valence-electron chi connectivity index (χ2n) is 5.81. The van der Waals surface area contributed by atoms with Gasteiger partial charge in [0.25, 0.3) is 0 Å². The van der Waals surface area contributed by atoms with Gasteiger partial charge in [-0.3, -0.25) is 0 Å². The van der Waals surface area contributed by atoms with Gasteiger partial charge < -0.3 is 4.74 Å². The summed E-state index contributed by atoms with van der Waals surface area (Å²) in [5.74, 6) is 1.65. The van der Waals surface area contributed by atoms with Gasteiger partial charge in [0.1, 0.15) is 11.4 Å². The van der Waals surface area contributed by atoms with Crippen LogP contribution in [0.25, 0.3) is 6.08 Å². The third kappa shape index (κ3) is 3.16. The lowest BCUT2D eigenvalue weighted by atomic mass is 9.79. The Balaban J connectivity index is 2.03. The van der Waals surface area contributed by atoms with Crippen molar-refractivity contribution in [3.8, 4) is 5.75 Å². The Morgan fingerprint density at radius 3 is 2.28 bits per heavy atom. The molecule has 0 N–H and O–H groups in total. The van der Waals surface area contributed by atoms with Crippen molar-refractivity contribution in [1.29, 1.82) is 0 Å². The fourth-order valence-electron chi connectivity index (χ4n) is 2.86. The number of ether oxygens (including phenoxy) is 1. The monoisotopic (exact) mass is 244 g/mol. The first-order chi connectivity index (χ1) is 8.62. The van der Waals surface area contributed by atoms with Crippen LogP contribution in [0.1, 0.15) is 51.5 Å². The van der Waals surface area contributed by atoms with Crippen LogP contribution in [0, 0.1) is 5.92 Å². The first kappa shape index (κ1) is 13.2. The minimum atomic E-state index is -0.0594. The largest absolute Gasteiger partial charge is 0.488 e. The van der Waals surface area contributed by atoms with Gasteiger partial charge in [-0.1, -0.05) is 44.1 Å². The maximum atomic E-state index is 6.21. The first-order valence-electron chi connectivity index (χ1n) is 7.03. The molecular weight excluding hydrogens is 220 g/mol. The summed E-state index contributed by atoms with van der Waals surface area (Å²) in [6.07, 6.45) is 8.56. The molecule has 1 aromatic rings. The molecule has 1 fully saturated rings. The number of hydrogen-bond acceptors (Lipinski definition) is 1. The molecule has 0 amide bonds. The summed E-state index contributed by atoms with van der Waals surface area (Å²) in [4.78, 5) is 0. The van der Waals surface area contributed by atoms with Crippen molar-refractivity contribution in [2.24, 2.45) is 5.92 Å². The van der Waals surface area contributed by atoms with Gasteiger partial charge in [0.05, 0.1) is 0 Å². The molecule has 1 heteroatoms. The zero-order chi connectivity index (χ0) is 13.0. The fraction of sp³-hybridized carbons (Fsp3) is 0.529. The smallest absolute Gasteiger partial charge is 0.120 e. The van der Waals surface area contributed by atoms with Gasteiger partial charge in [-0.2, -0.15) is 0 Å². The predicted octanol–water partition coefficient (Wildman–Crippen LogP) is 5.07. The van der Waals surface area contributed by atoms with Crippen LogP contribution >= 0.6 is 0 Å². The average Bonchev–Trinajstić information content (AvgIpc) is 2.40. The highest BCUT2D eigenvalue weighted by atomic mass is 16.5. The Hall–Kier alpha value is -1.24. The Kier molecular flexibility index (Phi) is 4.11. The maximum Gasteiger partial charge on any atom is 0.120 e. The second-order valence-corrected chi connectivity index (χ2v) is 5.81. The minimum Gasteiger partial charge on any atom is -0.488 e. The summed E-state index contributed by atoms with van der Waals surface area (Å²) in [5, 5.41) is 0. The molecule has 0 atom stereocenters. The van der Waals surface area contributed by atoms with Crippen LogP contribution in [0.3, 0.4) is 0 Å². The quantitative estimate of drug-likeness (QED) is 0.718. The fourth-order valence-corrected chi connectivity index (χ4v) is 2.86. The van der Waals surface area contributed by atoms with Crippen LogP contribution in [0.15, 0.2) is 30.8 Å². The van der Waals surface area contributed by atoms with Gasteiger partial charge in [0.15, 0.2) is 0 Å². The zero-order valence-corrected chi connectivity index (χ0v) is 11.6. The zero-order valence-electron chi connectivity index (χ0n) is 11.6. The van der Waals surface area contributed by atoms with Crippen molar-refractivity contribution in [2.75, 3.05) is 0 Å². The molecule has 1 aliphatic rings. The van der Waals surface area contributed by atoms with E-state index in [1.165, 1.54) is 32.1 Å². The van der Waals surface area contributed by atoms with Gasteiger partial charge in [-0.15, -0.1) is 0 Å². The molecule has 0 radical (unpaired) electrons. The Morgan fingerprint density at radius 1 is 1.11 bits per heavy atom. The van der Waals surface area contributed by atoms with Crippen molar-refractivity contribution in [2.45, 2.75) is 51.6 Å². The molecule has 0 aliphatic heterocycles. The van der Waals surface area contributed by atoms with Crippen molar-refractivity contribution in [1.82, 2.24) is 0 Å². The Morgan fingerprint density at radius 2 is 1.72 bits per heavy atom. The van der Waals surface area contributed by atoms with Crippen LogP contribution in [0.4, 0.5) is 0 Å². The van der Waals surface area contributed by atoms with E-state index in [0.717, 1.165) is 11.3 Å². The van der Waals surface area contributed by atoms with E-state index >= 15 is 0 Å². The highest BCUT2D eigenvalue weighted by Crippen LogP contribution is 2.35. The van der Waals surface area contributed by atoms with Crippen molar-refractivity contribution >= 4 is 6.08 Å². The van der Waals surface area contributed by atoms with Crippen molar-refractivity contribution in [3.63, 3.8) is 0 Å². The molecule has 2 rings (SSSR count). The molecule has 0 aromatic heterocycles. The van der Waals surface area contributed by atoms with Gasteiger partial charge in [0, 0.05) is 0 Å². The van der Waals surface area contributed by atoms with Crippen molar-refractivity contribution < 1.29 is 4.74 Å². The standard InChI is InChI=1S/C17H24O/c1-4-14-10-12-16(13-11-14)18-17(2,3)15-8-6-5-7-9-15/h4,10-13,15H,1,5-9H2,2-3H3. The van der Waals surface area contributed by atoms with E-state index in [1.807, 2.05) is 18.2 Å². The molecule has 0 saturated heterocycles. The molecular formula is C17H24O. The lowest BCUT2D eigenvalue weighted by Crippen LogP contribution is -2.38. The lowest BCUT2D eigenvalue weighted by Gasteiger charge is -2.37. The minimum absolute atomic E-state index is 0.0594. The summed E-state index contributed by atoms with van der Waals surface area (Å²) in [6.45, 7) is 8.22. The summed E-state index contributed by atoms with van der Waals surface area (Å²) in [5.41, 5.74) is 1.08. The molecule has 98 valence electrons. The van der Waals surface area contributed by atoms with Crippen LogP contribution in [0.5, 0.6) is 5.75 Å². The summed E-state index contributed by atoms with van der Waals surface area (Å²) >= 11 is 0. The van der Waals surface area contributed by atoms with Gasteiger partial charge in [-0.25, -0.2) is 0 Å². The van der Waals surface area contributed by atoms with Gasteiger partial charge >= 0.3 is 0 Å². The van der Waals surface area contributed by atoms with E-state index in [1.54, 1.807) is 0 Å². The molecule has 0 unspecified atom stereocenters. The molecule has 0 heterocycles. The molecule has 0 bridgehead atoms. The van der Waals surface area contributed by atoms with Crippen molar-refractivity contribution in [3.05, 3.63) is 36.4 Å². The van der Waals surface area contributed by atoms with E-state index in [9.17, 15) is 0 Å². The lowest BCUT2D eigenvalue weighted by molar-refractivity contribution is 0.0252. The molecule has 1 saturated carbocycles. The Bertz CT molecular complexity index is 383. The van der Waals surface area contributed by atoms with Crippen LogP contribution in [0.2, 0.25) is 0 Å². The summed E-state index contributed by atoms with van der Waals surface area (Å²) in [7, 11) is 0. The average molecular weight is 244 g/mol. The third-order valence-corrected chi connectivity index (χ3v) is 4.09. The SMILES string of the molecule is C=Cc1ccc(OC(C)(C)C2CCCCC2)cc1. The van der Waals surface area contributed by atoms with Crippen LogP contribution in [-0.4, -0.2) is 5.60 Å². The number of benzene rings is 1. The Labute approximate surface area is 111 Å². The summed E-state index contributed by atoms with van der Waals surface area (Å²) < 4.78 is 6.21. The molecule has 18 heavy (non-hydrogen) atoms. The highest BCUT2D eigenvalue weighted by molar-refractivity contribution is 5.48. The van der Waals surface area contributed by atoms with E-state index < -0.39 is 0 Å². The second kappa shape index (κ2) is 5.60. The normalized spacial score (nSPS) is 17.4. The molecule has 0 spiro atoms. The van der Waals surface area contributed by atoms with Gasteiger partial charge in [0.2, 0.25) is 0 Å². The van der Waals surface area contributed by atoms with E-state index in [2.05, 4.69) is 32.6 Å². The third-order valence-electron chi connectivity index (χ3n) is 4.09. The van der Waals surface area contributed by atoms with Crippen LogP contribution < -0.4 is 4.74 Å². The predicted molar refractivity (Wildman–Crippen MR) is 77.8 cm³/mol. The summed E-state index contributed by atoms with van der Waals surface area (Å²) in [6, 6.07) is 8.20. The molecule has 1 nitrogen and oxygen atoms in total. The molecule has 1 aromatic carbocycles. The van der Waals surface area contributed by atoms with Crippen LogP contribution in [-0.2, 0) is 0 Å². The van der Waals surface area contributed by atoms with E-state index in [4.69, 9.17) is 4.74 Å². The van der Waals surface area contributed by atoms with E-state index in [0.29, 0.717) is 5.92 Å². The van der Waals surface area contributed by atoms with E-state index in [-0.39, 0.29) is 5.60 Å². The first-order valence-corrected chi connectivity index (χ1v) is 7.03. The topological polar surface area (TPSA) is 9.23 Å². The highest BCUT2D eigenvalue weighted by Gasteiger charge is 2.32. The molecule has 1 aliphatic carbocycles. The number of rotatable bonds is 4.